The maximum atomic E-state index is 12.5. The van der Waals surface area contributed by atoms with E-state index in [4.69, 9.17) is 5.11 Å². The number of amides is 1. The Balaban J connectivity index is 1.89. The first-order valence-corrected chi connectivity index (χ1v) is 6.83. The van der Waals surface area contributed by atoms with Crippen molar-refractivity contribution in [2.24, 2.45) is 5.92 Å². The highest BCUT2D eigenvalue weighted by Crippen LogP contribution is 2.30. The minimum absolute atomic E-state index is 0.145. The van der Waals surface area contributed by atoms with Crippen molar-refractivity contribution in [3.05, 3.63) is 0 Å². The Bertz CT molecular complexity index is 331. The van der Waals surface area contributed by atoms with E-state index in [2.05, 4.69) is 12.2 Å². The number of nitrogens with one attached hydrogen (secondary N) is 1. The SMILES string of the molecule is CCCC1(C(=O)N2CC(CC(=O)O)C2)CCCN1. The number of hydrogen-bond acceptors (Lipinski definition) is 3. The summed E-state index contributed by atoms with van der Waals surface area (Å²) in [6.07, 6.45) is 4.02. The molecule has 1 amide bonds. The number of rotatable bonds is 5. The lowest BCUT2D eigenvalue weighted by atomic mass is 9.86. The highest BCUT2D eigenvalue weighted by atomic mass is 16.4. The Labute approximate surface area is 108 Å². The molecule has 2 N–H and O–H groups in total. The molecule has 102 valence electrons. The van der Waals surface area contributed by atoms with Crippen LogP contribution < -0.4 is 5.32 Å². The molecule has 2 fully saturated rings. The Morgan fingerprint density at radius 1 is 1.44 bits per heavy atom. The van der Waals surface area contributed by atoms with Crippen LogP contribution in [0.2, 0.25) is 0 Å². The lowest BCUT2D eigenvalue weighted by Crippen LogP contribution is -2.61. The minimum atomic E-state index is -0.769. The molecule has 2 saturated heterocycles. The number of aliphatic carboxylic acids is 1. The summed E-state index contributed by atoms with van der Waals surface area (Å²) in [6, 6.07) is 0. The van der Waals surface area contributed by atoms with E-state index in [1.807, 2.05) is 4.90 Å². The molecule has 0 radical (unpaired) electrons. The number of carbonyl (C=O) groups is 2. The second kappa shape index (κ2) is 5.26. The molecule has 2 heterocycles. The van der Waals surface area contributed by atoms with Crippen molar-refractivity contribution in [1.82, 2.24) is 10.2 Å². The number of carbonyl (C=O) groups excluding carboxylic acids is 1. The highest BCUT2D eigenvalue weighted by molar-refractivity contribution is 5.87. The molecule has 5 nitrogen and oxygen atoms in total. The average molecular weight is 254 g/mol. The fourth-order valence-corrected chi connectivity index (χ4v) is 3.15. The summed E-state index contributed by atoms with van der Waals surface area (Å²) in [5.74, 6) is -0.440. The molecule has 0 aromatic carbocycles. The van der Waals surface area contributed by atoms with Gasteiger partial charge in [0.05, 0.1) is 12.0 Å². The molecule has 0 bridgehead atoms. The first kappa shape index (κ1) is 13.3. The third-order valence-corrected chi connectivity index (χ3v) is 4.04. The molecule has 18 heavy (non-hydrogen) atoms. The lowest BCUT2D eigenvalue weighted by Gasteiger charge is -2.43. The summed E-state index contributed by atoms with van der Waals surface area (Å²) < 4.78 is 0. The summed E-state index contributed by atoms with van der Waals surface area (Å²) in [6.45, 7) is 4.23. The van der Waals surface area contributed by atoms with Crippen LogP contribution in [0, 0.1) is 5.92 Å². The van der Waals surface area contributed by atoms with Crippen LogP contribution in [0.25, 0.3) is 0 Å². The normalized spacial score (nSPS) is 28.2. The van der Waals surface area contributed by atoms with E-state index in [1.54, 1.807) is 0 Å². The topological polar surface area (TPSA) is 69.6 Å². The predicted molar refractivity (Wildman–Crippen MR) is 67.2 cm³/mol. The van der Waals surface area contributed by atoms with E-state index in [0.29, 0.717) is 13.1 Å². The molecule has 0 aromatic rings. The van der Waals surface area contributed by atoms with Gasteiger partial charge >= 0.3 is 5.97 Å². The molecule has 2 rings (SSSR count). The van der Waals surface area contributed by atoms with Gasteiger partial charge in [0.1, 0.15) is 0 Å². The average Bonchev–Trinajstić information content (AvgIpc) is 2.72. The van der Waals surface area contributed by atoms with Gasteiger partial charge in [-0.3, -0.25) is 9.59 Å². The van der Waals surface area contributed by atoms with Crippen LogP contribution in [0.4, 0.5) is 0 Å². The molecular formula is C13H22N2O3. The van der Waals surface area contributed by atoms with Crippen molar-refractivity contribution >= 4 is 11.9 Å². The number of carboxylic acid groups (broad SMARTS) is 1. The van der Waals surface area contributed by atoms with Gasteiger partial charge in [0, 0.05) is 19.0 Å². The first-order valence-electron chi connectivity index (χ1n) is 6.83. The summed E-state index contributed by atoms with van der Waals surface area (Å²) in [4.78, 5) is 24.9. The molecule has 2 aliphatic rings. The Hall–Kier alpha value is -1.10. The lowest BCUT2D eigenvalue weighted by molar-refractivity contribution is -0.149. The summed E-state index contributed by atoms with van der Waals surface area (Å²) in [5, 5.41) is 12.1. The van der Waals surface area contributed by atoms with Gasteiger partial charge in [-0.1, -0.05) is 13.3 Å². The van der Waals surface area contributed by atoms with E-state index >= 15 is 0 Å². The van der Waals surface area contributed by atoms with E-state index < -0.39 is 5.97 Å². The Morgan fingerprint density at radius 2 is 2.17 bits per heavy atom. The van der Waals surface area contributed by atoms with Crippen LogP contribution in [-0.4, -0.2) is 47.1 Å². The molecule has 0 spiro atoms. The van der Waals surface area contributed by atoms with E-state index in [0.717, 1.165) is 32.2 Å². The molecule has 1 unspecified atom stereocenters. The summed E-state index contributed by atoms with van der Waals surface area (Å²) in [7, 11) is 0. The van der Waals surface area contributed by atoms with Gasteiger partial charge < -0.3 is 15.3 Å². The van der Waals surface area contributed by atoms with Gasteiger partial charge in [-0.15, -0.1) is 0 Å². The number of carboxylic acids is 1. The zero-order chi connectivity index (χ0) is 13.2. The van der Waals surface area contributed by atoms with Gasteiger partial charge in [-0.05, 0) is 25.8 Å². The van der Waals surface area contributed by atoms with Crippen molar-refractivity contribution in [2.75, 3.05) is 19.6 Å². The number of hydrogen-bond donors (Lipinski definition) is 2. The van der Waals surface area contributed by atoms with Gasteiger partial charge in [-0.25, -0.2) is 0 Å². The Morgan fingerprint density at radius 3 is 2.67 bits per heavy atom. The standard InChI is InChI=1S/C13H22N2O3/c1-2-4-13(5-3-6-14-13)12(18)15-8-10(9-15)7-11(16)17/h10,14H,2-9H2,1H3,(H,16,17). The van der Waals surface area contributed by atoms with Crippen molar-refractivity contribution in [3.8, 4) is 0 Å². The quantitative estimate of drug-likeness (QED) is 0.763. The molecule has 0 saturated carbocycles. The fraction of sp³-hybridized carbons (Fsp3) is 0.846. The Kier molecular flexibility index (Phi) is 3.90. The van der Waals surface area contributed by atoms with Gasteiger partial charge in [-0.2, -0.15) is 0 Å². The third kappa shape index (κ3) is 2.51. The van der Waals surface area contributed by atoms with Crippen molar-refractivity contribution in [2.45, 2.75) is 44.6 Å². The maximum absolute atomic E-state index is 12.5. The minimum Gasteiger partial charge on any atom is -0.481 e. The molecule has 0 aliphatic carbocycles. The van der Waals surface area contributed by atoms with Crippen molar-refractivity contribution < 1.29 is 14.7 Å². The van der Waals surface area contributed by atoms with Gasteiger partial charge in [0.15, 0.2) is 0 Å². The largest absolute Gasteiger partial charge is 0.481 e. The smallest absolute Gasteiger partial charge is 0.303 e. The predicted octanol–water partition coefficient (Wildman–Crippen LogP) is 0.842. The molecule has 1 atom stereocenters. The number of likely N-dealkylation sites (tertiary alicyclic amines) is 1. The van der Waals surface area contributed by atoms with E-state index in [-0.39, 0.29) is 23.8 Å². The van der Waals surface area contributed by atoms with Crippen LogP contribution >= 0.6 is 0 Å². The van der Waals surface area contributed by atoms with Gasteiger partial charge in [0.25, 0.3) is 0 Å². The van der Waals surface area contributed by atoms with Crippen molar-refractivity contribution in [3.63, 3.8) is 0 Å². The van der Waals surface area contributed by atoms with Crippen LogP contribution in [0.3, 0.4) is 0 Å². The van der Waals surface area contributed by atoms with E-state index in [9.17, 15) is 9.59 Å². The molecule has 2 aliphatic heterocycles. The monoisotopic (exact) mass is 254 g/mol. The first-order chi connectivity index (χ1) is 8.57. The van der Waals surface area contributed by atoms with E-state index in [1.165, 1.54) is 0 Å². The highest BCUT2D eigenvalue weighted by Gasteiger charge is 2.45. The third-order valence-electron chi connectivity index (χ3n) is 4.04. The second-order valence-electron chi connectivity index (χ2n) is 5.54. The molecular weight excluding hydrogens is 232 g/mol. The summed E-state index contributed by atoms with van der Waals surface area (Å²) in [5.41, 5.74) is -0.358. The maximum Gasteiger partial charge on any atom is 0.303 e. The van der Waals surface area contributed by atoms with Crippen LogP contribution in [0.15, 0.2) is 0 Å². The molecule has 5 heteroatoms. The van der Waals surface area contributed by atoms with Crippen LogP contribution in [0.5, 0.6) is 0 Å². The zero-order valence-corrected chi connectivity index (χ0v) is 10.9. The number of nitrogens with zero attached hydrogens (tertiary/aromatic N) is 1. The summed E-state index contributed by atoms with van der Waals surface area (Å²) >= 11 is 0. The zero-order valence-electron chi connectivity index (χ0n) is 10.9. The van der Waals surface area contributed by atoms with Crippen molar-refractivity contribution in [1.29, 1.82) is 0 Å². The van der Waals surface area contributed by atoms with Crippen LogP contribution in [-0.2, 0) is 9.59 Å². The molecule has 0 aromatic heterocycles. The van der Waals surface area contributed by atoms with Gasteiger partial charge in [0.2, 0.25) is 5.91 Å². The second-order valence-corrected chi connectivity index (χ2v) is 5.54. The fourth-order valence-electron chi connectivity index (χ4n) is 3.15. The van der Waals surface area contributed by atoms with Crippen LogP contribution in [0.1, 0.15) is 39.0 Å².